The van der Waals surface area contributed by atoms with E-state index in [1.807, 2.05) is 0 Å². The fourth-order valence-corrected chi connectivity index (χ4v) is 2.45. The van der Waals surface area contributed by atoms with Gasteiger partial charge in [-0.15, -0.1) is 0 Å². The zero-order valence-electron chi connectivity index (χ0n) is 9.43. The van der Waals surface area contributed by atoms with Crippen LogP contribution < -0.4 is 0 Å². The van der Waals surface area contributed by atoms with Crippen molar-refractivity contribution in [2.75, 3.05) is 0 Å². The van der Waals surface area contributed by atoms with Crippen molar-refractivity contribution in [1.82, 2.24) is 0 Å². The highest BCUT2D eigenvalue weighted by Gasteiger charge is 2.14. The van der Waals surface area contributed by atoms with E-state index in [1.165, 1.54) is 19.3 Å². The first-order chi connectivity index (χ1) is 6.13. The van der Waals surface area contributed by atoms with Gasteiger partial charge in [0.25, 0.3) is 0 Å². The van der Waals surface area contributed by atoms with Crippen LogP contribution in [0.15, 0.2) is 23.3 Å². The third kappa shape index (κ3) is 2.72. The summed E-state index contributed by atoms with van der Waals surface area (Å²) < 4.78 is 0. The zero-order valence-corrected chi connectivity index (χ0v) is 9.43. The second-order valence-corrected chi connectivity index (χ2v) is 4.58. The third-order valence-electron chi connectivity index (χ3n) is 2.80. The van der Waals surface area contributed by atoms with Crippen LogP contribution in [0.3, 0.4) is 0 Å². The number of hydrogen-bond acceptors (Lipinski definition) is 0. The summed E-state index contributed by atoms with van der Waals surface area (Å²) >= 11 is 0. The number of hydrogen-bond donors (Lipinski definition) is 0. The molecule has 1 rings (SSSR count). The molecule has 0 radical (unpaired) electrons. The molecule has 0 nitrogen and oxygen atoms in total. The lowest BCUT2D eigenvalue weighted by atomic mass is 9.84. The molecular weight excluding hydrogens is 156 g/mol. The van der Waals surface area contributed by atoms with Crippen molar-refractivity contribution in [2.45, 2.75) is 47.0 Å². The fourth-order valence-electron chi connectivity index (χ4n) is 2.45. The van der Waals surface area contributed by atoms with Gasteiger partial charge in [0.2, 0.25) is 0 Å². The highest BCUT2D eigenvalue weighted by Crippen LogP contribution is 2.30. The highest BCUT2D eigenvalue weighted by molar-refractivity contribution is 5.23. The predicted molar refractivity (Wildman–Crippen MR) is 59.7 cm³/mol. The van der Waals surface area contributed by atoms with E-state index in [4.69, 9.17) is 0 Å². The monoisotopic (exact) mass is 178 g/mol. The quantitative estimate of drug-likeness (QED) is 0.552. The minimum Gasteiger partial charge on any atom is -0.0879 e. The predicted octanol–water partition coefficient (Wildman–Crippen LogP) is 4.34. The van der Waals surface area contributed by atoms with Gasteiger partial charge in [-0.3, -0.25) is 0 Å². The van der Waals surface area contributed by atoms with Crippen LogP contribution in [0.25, 0.3) is 0 Å². The summed E-state index contributed by atoms with van der Waals surface area (Å²) in [6.07, 6.45) is 8.37. The van der Waals surface area contributed by atoms with Crippen LogP contribution in [-0.2, 0) is 0 Å². The largest absolute Gasteiger partial charge is 0.0879 e. The molecule has 1 aliphatic rings. The third-order valence-corrected chi connectivity index (χ3v) is 2.80. The summed E-state index contributed by atoms with van der Waals surface area (Å²) in [5.41, 5.74) is 3.40. The Bertz CT molecular complexity index is 206. The molecule has 0 aromatic carbocycles. The van der Waals surface area contributed by atoms with Gasteiger partial charge in [-0.2, -0.15) is 0 Å². The first-order valence-electron chi connectivity index (χ1n) is 5.49. The normalized spacial score (nSPS) is 17.2. The van der Waals surface area contributed by atoms with E-state index in [9.17, 15) is 0 Å². The van der Waals surface area contributed by atoms with E-state index in [1.54, 1.807) is 11.1 Å². The van der Waals surface area contributed by atoms with Gasteiger partial charge in [0.1, 0.15) is 0 Å². The molecule has 0 heteroatoms. The Morgan fingerprint density at radius 3 is 2.08 bits per heavy atom. The standard InChI is InChI=1S/C13H22/c1-10(2)13(11(3)4)12-8-6-5-7-9-12/h5-6,10-11H,7-9H2,1-4H3. The van der Waals surface area contributed by atoms with Crippen molar-refractivity contribution in [3.63, 3.8) is 0 Å². The second-order valence-electron chi connectivity index (χ2n) is 4.58. The minimum atomic E-state index is 0.724. The molecule has 0 unspecified atom stereocenters. The molecule has 0 amide bonds. The Balaban J connectivity index is 2.88. The van der Waals surface area contributed by atoms with Crippen LogP contribution in [-0.4, -0.2) is 0 Å². The molecule has 0 aliphatic heterocycles. The summed E-state index contributed by atoms with van der Waals surface area (Å²) in [6, 6.07) is 0. The van der Waals surface area contributed by atoms with Gasteiger partial charge in [-0.25, -0.2) is 0 Å². The topological polar surface area (TPSA) is 0 Å². The first kappa shape index (κ1) is 10.6. The maximum absolute atomic E-state index is 2.32. The molecule has 74 valence electrons. The van der Waals surface area contributed by atoms with Crippen LogP contribution >= 0.6 is 0 Å². The van der Waals surface area contributed by atoms with Crippen molar-refractivity contribution in [2.24, 2.45) is 11.8 Å². The molecule has 0 spiro atoms. The van der Waals surface area contributed by atoms with Crippen LogP contribution in [0.5, 0.6) is 0 Å². The molecule has 0 saturated carbocycles. The van der Waals surface area contributed by atoms with Crippen molar-refractivity contribution in [1.29, 1.82) is 0 Å². The van der Waals surface area contributed by atoms with Gasteiger partial charge < -0.3 is 0 Å². The van der Waals surface area contributed by atoms with Gasteiger partial charge in [0.15, 0.2) is 0 Å². The molecule has 0 heterocycles. The van der Waals surface area contributed by atoms with Gasteiger partial charge in [-0.1, -0.05) is 51.0 Å². The Morgan fingerprint density at radius 1 is 1.08 bits per heavy atom. The maximum Gasteiger partial charge on any atom is -0.0136 e. The summed E-state index contributed by atoms with van der Waals surface area (Å²) in [5, 5.41) is 0. The number of allylic oxidation sites excluding steroid dienone is 4. The van der Waals surface area contributed by atoms with Crippen molar-refractivity contribution < 1.29 is 0 Å². The van der Waals surface area contributed by atoms with Crippen molar-refractivity contribution in [3.05, 3.63) is 23.3 Å². The molecule has 0 saturated heterocycles. The molecular formula is C13H22. The second kappa shape index (κ2) is 4.64. The molecule has 1 aliphatic carbocycles. The van der Waals surface area contributed by atoms with Crippen molar-refractivity contribution in [3.8, 4) is 0 Å². The molecule has 0 fully saturated rings. The van der Waals surface area contributed by atoms with Crippen LogP contribution in [0.2, 0.25) is 0 Å². The number of rotatable bonds is 2. The Kier molecular flexibility index (Phi) is 3.77. The smallest absolute Gasteiger partial charge is 0.0136 e. The van der Waals surface area contributed by atoms with Gasteiger partial charge in [-0.05, 0) is 31.1 Å². The van der Waals surface area contributed by atoms with Gasteiger partial charge in [0, 0.05) is 0 Å². The van der Waals surface area contributed by atoms with Crippen molar-refractivity contribution >= 4 is 0 Å². The zero-order chi connectivity index (χ0) is 9.84. The minimum absolute atomic E-state index is 0.724. The molecule has 0 aromatic heterocycles. The summed E-state index contributed by atoms with van der Waals surface area (Å²) in [4.78, 5) is 0. The first-order valence-corrected chi connectivity index (χ1v) is 5.49. The lowest BCUT2D eigenvalue weighted by Gasteiger charge is -2.22. The lowest BCUT2D eigenvalue weighted by Crippen LogP contribution is -2.07. The average Bonchev–Trinajstić information content (AvgIpc) is 2.04. The lowest BCUT2D eigenvalue weighted by molar-refractivity contribution is 0.601. The van der Waals surface area contributed by atoms with E-state index in [-0.39, 0.29) is 0 Å². The summed E-state index contributed by atoms with van der Waals surface area (Å²) in [6.45, 7) is 9.28. The Morgan fingerprint density at radius 2 is 1.69 bits per heavy atom. The highest BCUT2D eigenvalue weighted by atomic mass is 14.2. The summed E-state index contributed by atoms with van der Waals surface area (Å²) in [7, 11) is 0. The molecule has 0 N–H and O–H groups in total. The van der Waals surface area contributed by atoms with E-state index in [2.05, 4.69) is 39.8 Å². The van der Waals surface area contributed by atoms with E-state index < -0.39 is 0 Å². The average molecular weight is 178 g/mol. The van der Waals surface area contributed by atoms with Crippen LogP contribution in [0, 0.1) is 11.8 Å². The van der Waals surface area contributed by atoms with Gasteiger partial charge in [0.05, 0.1) is 0 Å². The molecule has 0 atom stereocenters. The van der Waals surface area contributed by atoms with Gasteiger partial charge >= 0.3 is 0 Å². The van der Waals surface area contributed by atoms with E-state index in [0.717, 1.165) is 11.8 Å². The SMILES string of the molecule is CC(C)C(=C1CC=CCC1)C(C)C. The molecule has 13 heavy (non-hydrogen) atoms. The summed E-state index contributed by atoms with van der Waals surface area (Å²) in [5.74, 6) is 1.45. The Hall–Kier alpha value is -0.520. The van der Waals surface area contributed by atoms with E-state index in [0.29, 0.717) is 0 Å². The molecule has 0 aromatic rings. The van der Waals surface area contributed by atoms with Crippen LogP contribution in [0.4, 0.5) is 0 Å². The maximum atomic E-state index is 2.32. The fraction of sp³-hybridized carbons (Fsp3) is 0.692. The molecule has 0 bridgehead atoms. The Labute approximate surface area is 82.7 Å². The van der Waals surface area contributed by atoms with Crippen LogP contribution in [0.1, 0.15) is 47.0 Å². The van der Waals surface area contributed by atoms with E-state index >= 15 is 0 Å².